The molecule has 0 saturated heterocycles. The van der Waals surface area contributed by atoms with E-state index in [-0.39, 0.29) is 5.92 Å². The molecular formula is C25H25NO. The van der Waals surface area contributed by atoms with E-state index in [1.54, 1.807) is 0 Å². The molecule has 2 heteroatoms. The molecule has 1 unspecified atom stereocenters. The van der Waals surface area contributed by atoms with Gasteiger partial charge in [0.2, 0.25) is 0 Å². The lowest BCUT2D eigenvalue weighted by molar-refractivity contribution is 0.0848. The minimum absolute atomic E-state index is 0.0762. The van der Waals surface area contributed by atoms with Crippen LogP contribution in [-0.4, -0.2) is 17.2 Å². The smallest absolute Gasteiger partial charge is 0.167 e. The average molecular weight is 355 g/mol. The maximum atomic E-state index is 13.0. The highest BCUT2D eigenvalue weighted by Crippen LogP contribution is 2.27. The monoisotopic (exact) mass is 355 g/mol. The van der Waals surface area contributed by atoms with Crippen molar-refractivity contribution in [2.24, 2.45) is 5.92 Å². The van der Waals surface area contributed by atoms with Gasteiger partial charge < -0.3 is 0 Å². The van der Waals surface area contributed by atoms with Crippen LogP contribution in [0.4, 0.5) is 0 Å². The van der Waals surface area contributed by atoms with E-state index < -0.39 is 0 Å². The van der Waals surface area contributed by atoms with E-state index in [1.165, 1.54) is 16.7 Å². The van der Waals surface area contributed by atoms with Crippen molar-refractivity contribution in [3.63, 3.8) is 0 Å². The molecule has 0 heterocycles. The van der Waals surface area contributed by atoms with Crippen LogP contribution in [-0.2, 0) is 19.5 Å². The summed E-state index contributed by atoms with van der Waals surface area (Å²) in [5.74, 6) is 0.385. The SMILES string of the molecule is O=C1c2ccccc2CCC1CN(Cc1ccccc1)Cc1ccccc1. The van der Waals surface area contributed by atoms with Crippen molar-refractivity contribution in [3.8, 4) is 0 Å². The van der Waals surface area contributed by atoms with Crippen LogP contribution in [0.2, 0.25) is 0 Å². The zero-order valence-electron chi connectivity index (χ0n) is 15.6. The molecule has 1 atom stereocenters. The molecule has 27 heavy (non-hydrogen) atoms. The Morgan fingerprint density at radius 2 is 1.30 bits per heavy atom. The number of fused-ring (bicyclic) bond motifs is 1. The first-order chi connectivity index (χ1) is 13.3. The van der Waals surface area contributed by atoms with Crippen LogP contribution in [0.5, 0.6) is 0 Å². The zero-order valence-corrected chi connectivity index (χ0v) is 15.6. The predicted octanol–water partition coefficient (Wildman–Crippen LogP) is 5.13. The number of carbonyl (C=O) groups excluding carboxylic acids is 1. The normalized spacial score (nSPS) is 16.3. The Hall–Kier alpha value is -2.71. The average Bonchev–Trinajstić information content (AvgIpc) is 2.72. The Bertz CT molecular complexity index is 847. The molecule has 3 aromatic rings. The predicted molar refractivity (Wildman–Crippen MR) is 110 cm³/mol. The summed E-state index contributed by atoms with van der Waals surface area (Å²) in [6.45, 7) is 2.53. The van der Waals surface area contributed by atoms with Gasteiger partial charge in [-0.15, -0.1) is 0 Å². The Morgan fingerprint density at radius 1 is 0.741 bits per heavy atom. The summed E-state index contributed by atoms with van der Waals surface area (Å²) < 4.78 is 0. The van der Waals surface area contributed by atoms with Gasteiger partial charge in [-0.25, -0.2) is 0 Å². The summed E-state index contributed by atoms with van der Waals surface area (Å²) in [6, 6.07) is 29.2. The molecule has 0 aromatic heterocycles. The number of hydrogen-bond acceptors (Lipinski definition) is 2. The molecule has 2 nitrogen and oxygen atoms in total. The first-order valence-electron chi connectivity index (χ1n) is 9.72. The molecule has 0 radical (unpaired) electrons. The second-order valence-electron chi connectivity index (χ2n) is 7.40. The third kappa shape index (κ3) is 4.35. The summed E-state index contributed by atoms with van der Waals surface area (Å²) in [5, 5.41) is 0. The number of Topliss-reactive ketones (excluding diaryl/α,β-unsaturated/α-hetero) is 1. The van der Waals surface area contributed by atoms with Gasteiger partial charge in [0.05, 0.1) is 0 Å². The molecule has 0 bridgehead atoms. The van der Waals surface area contributed by atoms with E-state index in [1.807, 2.05) is 30.3 Å². The number of carbonyl (C=O) groups is 1. The van der Waals surface area contributed by atoms with Gasteiger partial charge in [-0.3, -0.25) is 9.69 Å². The topological polar surface area (TPSA) is 20.3 Å². The summed E-state index contributed by atoms with van der Waals surface area (Å²) in [4.78, 5) is 15.4. The van der Waals surface area contributed by atoms with Crippen molar-refractivity contribution in [2.75, 3.05) is 6.54 Å². The van der Waals surface area contributed by atoms with Gasteiger partial charge >= 0.3 is 0 Å². The van der Waals surface area contributed by atoms with Crippen LogP contribution in [0, 0.1) is 5.92 Å². The quantitative estimate of drug-likeness (QED) is 0.611. The van der Waals surface area contributed by atoms with E-state index >= 15 is 0 Å². The van der Waals surface area contributed by atoms with E-state index in [0.29, 0.717) is 5.78 Å². The molecule has 0 aliphatic heterocycles. The molecule has 0 N–H and O–H groups in total. The number of hydrogen-bond donors (Lipinski definition) is 0. The van der Waals surface area contributed by atoms with Gasteiger partial charge in [0.1, 0.15) is 0 Å². The first kappa shape index (κ1) is 17.7. The van der Waals surface area contributed by atoms with Gasteiger partial charge in [-0.1, -0.05) is 84.9 Å². The summed E-state index contributed by atoms with van der Waals surface area (Å²) >= 11 is 0. The van der Waals surface area contributed by atoms with Crippen LogP contribution in [0.3, 0.4) is 0 Å². The first-order valence-corrected chi connectivity index (χ1v) is 9.72. The fourth-order valence-corrected chi connectivity index (χ4v) is 4.01. The standard InChI is InChI=1S/C25H25NO/c27-25-23(16-15-22-13-7-8-14-24(22)25)19-26(17-20-9-3-1-4-10-20)18-21-11-5-2-6-12-21/h1-14,23H,15-19H2. The lowest BCUT2D eigenvalue weighted by atomic mass is 9.82. The number of nitrogens with zero attached hydrogens (tertiary/aromatic N) is 1. The Morgan fingerprint density at radius 3 is 1.93 bits per heavy atom. The third-order valence-electron chi connectivity index (χ3n) is 5.39. The highest BCUT2D eigenvalue weighted by atomic mass is 16.1. The second kappa shape index (κ2) is 8.32. The van der Waals surface area contributed by atoms with Crippen LogP contribution >= 0.6 is 0 Å². The van der Waals surface area contributed by atoms with Gasteiger partial charge in [-0.05, 0) is 29.5 Å². The zero-order chi connectivity index (χ0) is 18.5. The van der Waals surface area contributed by atoms with Gasteiger partial charge in [0.25, 0.3) is 0 Å². The lowest BCUT2D eigenvalue weighted by Gasteiger charge is -2.30. The summed E-state index contributed by atoms with van der Waals surface area (Å²) in [6.07, 6.45) is 1.94. The van der Waals surface area contributed by atoms with Crippen molar-refractivity contribution in [1.29, 1.82) is 0 Å². The van der Waals surface area contributed by atoms with Crippen molar-refractivity contribution in [1.82, 2.24) is 4.90 Å². The Balaban J connectivity index is 1.53. The Kier molecular flexibility index (Phi) is 5.45. The fourth-order valence-electron chi connectivity index (χ4n) is 4.01. The number of rotatable bonds is 6. The van der Waals surface area contributed by atoms with E-state index in [0.717, 1.165) is 38.0 Å². The highest BCUT2D eigenvalue weighted by molar-refractivity contribution is 6.00. The van der Waals surface area contributed by atoms with Crippen molar-refractivity contribution in [2.45, 2.75) is 25.9 Å². The largest absolute Gasteiger partial charge is 0.294 e. The molecule has 0 amide bonds. The van der Waals surface area contributed by atoms with Gasteiger partial charge in [0, 0.05) is 31.1 Å². The second-order valence-corrected chi connectivity index (χ2v) is 7.40. The highest BCUT2D eigenvalue weighted by Gasteiger charge is 2.28. The molecule has 0 fully saturated rings. The van der Waals surface area contributed by atoms with Crippen molar-refractivity contribution in [3.05, 3.63) is 107 Å². The van der Waals surface area contributed by atoms with Crippen LogP contribution in [0.15, 0.2) is 84.9 Å². The number of benzene rings is 3. The van der Waals surface area contributed by atoms with E-state index in [9.17, 15) is 4.79 Å². The minimum Gasteiger partial charge on any atom is -0.294 e. The summed E-state index contributed by atoms with van der Waals surface area (Å²) in [7, 11) is 0. The maximum absolute atomic E-state index is 13.0. The van der Waals surface area contributed by atoms with Crippen LogP contribution in [0.1, 0.15) is 33.5 Å². The molecule has 0 spiro atoms. The fraction of sp³-hybridized carbons (Fsp3) is 0.240. The Labute approximate surface area is 161 Å². The molecule has 4 rings (SSSR count). The molecular weight excluding hydrogens is 330 g/mol. The number of aryl methyl sites for hydroxylation is 1. The molecule has 1 aliphatic carbocycles. The lowest BCUT2D eigenvalue weighted by Crippen LogP contribution is -2.35. The summed E-state index contributed by atoms with van der Waals surface area (Å²) in [5.41, 5.74) is 4.71. The van der Waals surface area contributed by atoms with E-state index in [2.05, 4.69) is 59.5 Å². The van der Waals surface area contributed by atoms with E-state index in [4.69, 9.17) is 0 Å². The molecule has 3 aromatic carbocycles. The van der Waals surface area contributed by atoms with Crippen LogP contribution in [0.25, 0.3) is 0 Å². The maximum Gasteiger partial charge on any atom is 0.167 e. The van der Waals surface area contributed by atoms with Gasteiger partial charge in [0.15, 0.2) is 5.78 Å². The molecule has 1 aliphatic rings. The van der Waals surface area contributed by atoms with Crippen molar-refractivity contribution < 1.29 is 4.79 Å². The molecule has 0 saturated carbocycles. The van der Waals surface area contributed by atoms with Crippen molar-refractivity contribution >= 4 is 5.78 Å². The number of ketones is 1. The minimum atomic E-state index is 0.0762. The van der Waals surface area contributed by atoms with Gasteiger partial charge in [-0.2, -0.15) is 0 Å². The van der Waals surface area contributed by atoms with Crippen LogP contribution < -0.4 is 0 Å². The molecule has 136 valence electrons. The third-order valence-corrected chi connectivity index (χ3v) is 5.39.